The Morgan fingerprint density at radius 3 is 2.61 bits per heavy atom. The average molecular weight is 416 g/mol. The number of amides is 1. The van der Waals surface area contributed by atoms with Crippen molar-refractivity contribution in [1.29, 1.82) is 0 Å². The Morgan fingerprint density at radius 2 is 1.87 bits per heavy atom. The molecule has 3 aromatic rings. The van der Waals surface area contributed by atoms with Crippen molar-refractivity contribution in [2.75, 3.05) is 10.6 Å². The van der Waals surface area contributed by atoms with Crippen molar-refractivity contribution < 1.29 is 14.0 Å². The molecule has 2 aliphatic rings. The Labute approximate surface area is 178 Å². The summed E-state index contributed by atoms with van der Waals surface area (Å²) in [6.07, 6.45) is 3.53. The van der Waals surface area contributed by atoms with Crippen molar-refractivity contribution in [3.05, 3.63) is 88.5 Å². The molecule has 1 amide bonds. The number of Topliss-reactive ketones (excluding diaryl/α,β-unsaturated/α-hetero) is 1. The molecule has 6 nitrogen and oxygen atoms in total. The van der Waals surface area contributed by atoms with Crippen LogP contribution in [0.5, 0.6) is 0 Å². The van der Waals surface area contributed by atoms with Crippen LogP contribution in [0.3, 0.4) is 0 Å². The molecule has 0 saturated carbocycles. The van der Waals surface area contributed by atoms with E-state index in [4.69, 9.17) is 0 Å². The molecule has 1 atom stereocenters. The summed E-state index contributed by atoms with van der Waals surface area (Å²) in [4.78, 5) is 25.8. The molecule has 5 rings (SSSR count). The first-order valence-electron chi connectivity index (χ1n) is 10.3. The quantitative estimate of drug-likeness (QED) is 0.654. The molecular formula is C24H21FN4O2. The van der Waals surface area contributed by atoms with Gasteiger partial charge in [-0.05, 0) is 49.6 Å². The van der Waals surface area contributed by atoms with E-state index in [9.17, 15) is 14.0 Å². The van der Waals surface area contributed by atoms with Crippen LogP contribution >= 0.6 is 0 Å². The first-order valence-corrected chi connectivity index (χ1v) is 10.3. The summed E-state index contributed by atoms with van der Waals surface area (Å²) in [5.41, 5.74) is 4.50. The van der Waals surface area contributed by atoms with E-state index in [1.54, 1.807) is 4.68 Å². The normalized spacial score (nSPS) is 17.6. The van der Waals surface area contributed by atoms with Gasteiger partial charge in [0.15, 0.2) is 5.78 Å². The van der Waals surface area contributed by atoms with Crippen molar-refractivity contribution in [3.63, 3.8) is 0 Å². The van der Waals surface area contributed by atoms with Gasteiger partial charge < -0.3 is 10.6 Å². The molecule has 0 radical (unpaired) electrons. The van der Waals surface area contributed by atoms with Crippen LogP contribution in [0.2, 0.25) is 0 Å². The second kappa shape index (κ2) is 7.50. The lowest BCUT2D eigenvalue weighted by Gasteiger charge is -2.33. The number of aryl methyl sites for hydroxylation is 1. The van der Waals surface area contributed by atoms with Crippen molar-refractivity contribution >= 4 is 23.2 Å². The third-order valence-corrected chi connectivity index (χ3v) is 5.78. The fourth-order valence-corrected chi connectivity index (χ4v) is 4.21. The molecule has 2 aromatic carbocycles. The number of hydrogen-bond donors (Lipinski definition) is 2. The summed E-state index contributed by atoms with van der Waals surface area (Å²) in [5, 5.41) is 10.6. The van der Waals surface area contributed by atoms with Crippen LogP contribution in [-0.2, 0) is 4.79 Å². The third kappa shape index (κ3) is 3.42. The number of aromatic nitrogens is 2. The molecule has 31 heavy (non-hydrogen) atoms. The fraction of sp³-hybridized carbons (Fsp3) is 0.208. The van der Waals surface area contributed by atoms with Gasteiger partial charge in [-0.2, -0.15) is 5.10 Å². The van der Waals surface area contributed by atoms with Gasteiger partial charge >= 0.3 is 0 Å². The monoisotopic (exact) mass is 416 g/mol. The van der Waals surface area contributed by atoms with Gasteiger partial charge in [-0.3, -0.25) is 9.59 Å². The van der Waals surface area contributed by atoms with Crippen LogP contribution in [0.15, 0.2) is 66.0 Å². The Balaban J connectivity index is 1.56. The van der Waals surface area contributed by atoms with E-state index < -0.39 is 0 Å². The smallest absolute Gasteiger partial charge is 0.261 e. The van der Waals surface area contributed by atoms with Gasteiger partial charge in [0.25, 0.3) is 5.91 Å². The molecule has 156 valence electrons. The van der Waals surface area contributed by atoms with E-state index in [0.29, 0.717) is 23.5 Å². The van der Waals surface area contributed by atoms with Gasteiger partial charge in [-0.1, -0.05) is 29.8 Å². The highest BCUT2D eigenvalue weighted by atomic mass is 19.1. The van der Waals surface area contributed by atoms with Crippen LogP contribution in [0.25, 0.3) is 0 Å². The van der Waals surface area contributed by atoms with E-state index in [-0.39, 0.29) is 23.5 Å². The molecule has 7 heteroatoms. The zero-order valence-electron chi connectivity index (χ0n) is 17.0. The number of carbonyl (C=O) groups is 2. The standard InChI is InChI=1S/C24H21FN4O2/c1-14-5-7-15(8-6-14)22-21-19(3-2-4-20(21)30)28-23-18(13-26-29(22)23)24(31)27-17-11-9-16(25)10-12-17/h5-13,22,28H,2-4H2,1H3,(H,27,31)/t22-/m0/s1. The Hall–Kier alpha value is -3.74. The summed E-state index contributed by atoms with van der Waals surface area (Å²) in [7, 11) is 0. The number of anilines is 2. The van der Waals surface area contributed by atoms with Crippen LogP contribution in [0.1, 0.15) is 46.8 Å². The SMILES string of the molecule is Cc1ccc([C@H]2C3=C(CCCC3=O)Nc3c(C(=O)Nc4ccc(F)cc4)cnn32)cc1. The molecule has 0 saturated heterocycles. The minimum atomic E-state index is -0.382. The van der Waals surface area contributed by atoms with Crippen molar-refractivity contribution in [3.8, 4) is 0 Å². The maximum atomic E-state index is 13.2. The van der Waals surface area contributed by atoms with E-state index >= 15 is 0 Å². The Kier molecular flexibility index (Phi) is 4.66. The van der Waals surface area contributed by atoms with E-state index in [1.165, 1.54) is 30.5 Å². The number of fused-ring (bicyclic) bond motifs is 1. The highest BCUT2D eigenvalue weighted by Gasteiger charge is 2.37. The number of nitrogens with zero attached hydrogens (tertiary/aromatic N) is 2. The molecule has 2 N–H and O–H groups in total. The largest absolute Gasteiger partial charge is 0.343 e. The minimum absolute atomic E-state index is 0.109. The summed E-state index contributed by atoms with van der Waals surface area (Å²) < 4.78 is 14.9. The van der Waals surface area contributed by atoms with Crippen LogP contribution in [0, 0.1) is 12.7 Å². The fourth-order valence-electron chi connectivity index (χ4n) is 4.21. The predicted molar refractivity (Wildman–Crippen MR) is 115 cm³/mol. The van der Waals surface area contributed by atoms with Crippen LogP contribution in [-0.4, -0.2) is 21.5 Å². The molecule has 1 aliphatic heterocycles. The Morgan fingerprint density at radius 1 is 1.13 bits per heavy atom. The number of rotatable bonds is 3. The van der Waals surface area contributed by atoms with Gasteiger partial charge in [0.1, 0.15) is 23.2 Å². The third-order valence-electron chi connectivity index (χ3n) is 5.78. The number of allylic oxidation sites excluding steroid dienone is 2. The van der Waals surface area contributed by atoms with Crippen molar-refractivity contribution in [2.24, 2.45) is 0 Å². The lowest BCUT2D eigenvalue weighted by atomic mass is 9.85. The summed E-state index contributed by atoms with van der Waals surface area (Å²) in [5.74, 6) is -0.0597. The topological polar surface area (TPSA) is 76.0 Å². The number of hydrogen-bond acceptors (Lipinski definition) is 4. The summed E-state index contributed by atoms with van der Waals surface area (Å²) in [6.45, 7) is 2.01. The lowest BCUT2D eigenvalue weighted by molar-refractivity contribution is -0.116. The molecule has 0 fully saturated rings. The number of benzene rings is 2. The second-order valence-corrected chi connectivity index (χ2v) is 7.92. The second-order valence-electron chi connectivity index (χ2n) is 7.92. The van der Waals surface area contributed by atoms with Gasteiger partial charge in [0.05, 0.1) is 6.20 Å². The Bertz CT molecular complexity index is 1210. The minimum Gasteiger partial charge on any atom is -0.343 e. The van der Waals surface area contributed by atoms with Crippen molar-refractivity contribution in [2.45, 2.75) is 32.2 Å². The van der Waals surface area contributed by atoms with Crippen LogP contribution in [0.4, 0.5) is 15.9 Å². The zero-order valence-corrected chi connectivity index (χ0v) is 17.0. The maximum Gasteiger partial charge on any atom is 0.261 e. The van der Waals surface area contributed by atoms with E-state index in [1.807, 2.05) is 31.2 Å². The molecule has 1 aromatic heterocycles. The highest BCUT2D eigenvalue weighted by Crippen LogP contribution is 2.41. The number of nitrogens with one attached hydrogen (secondary N) is 2. The number of carbonyl (C=O) groups excluding carboxylic acids is 2. The zero-order chi connectivity index (χ0) is 21.5. The van der Waals surface area contributed by atoms with Crippen molar-refractivity contribution in [1.82, 2.24) is 9.78 Å². The first kappa shape index (κ1) is 19.2. The summed E-state index contributed by atoms with van der Waals surface area (Å²) in [6, 6.07) is 13.2. The van der Waals surface area contributed by atoms with Gasteiger partial charge in [0, 0.05) is 23.4 Å². The van der Waals surface area contributed by atoms with Gasteiger partial charge in [-0.15, -0.1) is 0 Å². The molecule has 1 aliphatic carbocycles. The summed E-state index contributed by atoms with van der Waals surface area (Å²) >= 11 is 0. The number of ketones is 1. The maximum absolute atomic E-state index is 13.2. The molecular weight excluding hydrogens is 395 g/mol. The molecule has 2 heterocycles. The average Bonchev–Trinajstić information content (AvgIpc) is 3.18. The predicted octanol–water partition coefficient (Wildman–Crippen LogP) is 4.60. The van der Waals surface area contributed by atoms with E-state index in [2.05, 4.69) is 15.7 Å². The molecule has 0 unspecified atom stereocenters. The molecule has 0 bridgehead atoms. The molecule has 0 spiro atoms. The van der Waals surface area contributed by atoms with E-state index in [0.717, 1.165) is 35.2 Å². The lowest BCUT2D eigenvalue weighted by Crippen LogP contribution is -2.32. The van der Waals surface area contributed by atoms with Gasteiger partial charge in [0.2, 0.25) is 0 Å². The highest BCUT2D eigenvalue weighted by molar-refractivity contribution is 6.08. The first-order chi connectivity index (χ1) is 15.0. The van der Waals surface area contributed by atoms with Crippen LogP contribution < -0.4 is 10.6 Å². The number of halogens is 1. The van der Waals surface area contributed by atoms with Gasteiger partial charge in [-0.25, -0.2) is 9.07 Å².